The molecule has 6 heteroatoms. The predicted octanol–water partition coefficient (Wildman–Crippen LogP) is 1.24. The second-order valence-electron chi connectivity index (χ2n) is 2.93. The van der Waals surface area contributed by atoms with Crippen molar-refractivity contribution in [3.63, 3.8) is 0 Å². The zero-order valence-corrected chi connectivity index (χ0v) is 9.37. The Morgan fingerprint density at radius 2 is 1.75 bits per heavy atom. The Balaban J connectivity index is 3.35. The van der Waals surface area contributed by atoms with E-state index in [0.717, 1.165) is 0 Å². The molecular formula is C10H14FNO4. The standard InChI is InChI=1S/C10H14FNO4/c1-13-7-4-6(5-16-12)9(14-2)8(11)10(7)15-3/h4H,5,12H2,1-3H3. The van der Waals surface area contributed by atoms with Crippen molar-refractivity contribution in [3.8, 4) is 17.2 Å². The van der Waals surface area contributed by atoms with Gasteiger partial charge in [0, 0.05) is 5.56 Å². The summed E-state index contributed by atoms with van der Waals surface area (Å²) in [7, 11) is 4.11. The van der Waals surface area contributed by atoms with Gasteiger partial charge in [-0.1, -0.05) is 0 Å². The normalized spacial score (nSPS) is 10.1. The number of ether oxygens (including phenoxy) is 3. The number of nitrogens with two attached hydrogens (primary N) is 1. The van der Waals surface area contributed by atoms with Gasteiger partial charge in [-0.3, -0.25) is 4.84 Å². The molecule has 0 aliphatic carbocycles. The third-order valence-corrected chi connectivity index (χ3v) is 2.09. The minimum absolute atomic E-state index is 0.0138. The quantitative estimate of drug-likeness (QED) is 0.772. The maximum Gasteiger partial charge on any atom is 0.211 e. The van der Waals surface area contributed by atoms with Crippen molar-refractivity contribution >= 4 is 0 Å². The first kappa shape index (κ1) is 12.5. The van der Waals surface area contributed by atoms with Crippen LogP contribution in [0.3, 0.4) is 0 Å². The van der Waals surface area contributed by atoms with E-state index >= 15 is 0 Å². The van der Waals surface area contributed by atoms with Gasteiger partial charge in [0.15, 0.2) is 11.5 Å². The van der Waals surface area contributed by atoms with Crippen LogP contribution in [0.2, 0.25) is 0 Å². The molecule has 1 aromatic carbocycles. The highest BCUT2D eigenvalue weighted by Crippen LogP contribution is 2.38. The molecule has 0 radical (unpaired) electrons. The number of benzene rings is 1. The molecule has 0 atom stereocenters. The zero-order valence-electron chi connectivity index (χ0n) is 9.37. The zero-order chi connectivity index (χ0) is 12.1. The van der Waals surface area contributed by atoms with Gasteiger partial charge in [-0.15, -0.1) is 0 Å². The second-order valence-corrected chi connectivity index (χ2v) is 2.93. The molecule has 0 aliphatic heterocycles. The summed E-state index contributed by atoms with van der Waals surface area (Å²) in [5, 5.41) is 0. The molecule has 1 aromatic rings. The molecule has 0 saturated carbocycles. The first-order valence-electron chi connectivity index (χ1n) is 4.48. The first-order chi connectivity index (χ1) is 7.69. The third-order valence-electron chi connectivity index (χ3n) is 2.09. The Bertz CT molecular complexity index is 370. The average molecular weight is 231 g/mol. The summed E-state index contributed by atoms with van der Waals surface area (Å²) in [5.74, 6) is 4.58. The number of hydrogen-bond acceptors (Lipinski definition) is 5. The topological polar surface area (TPSA) is 62.9 Å². The van der Waals surface area contributed by atoms with Crippen LogP contribution in [0.4, 0.5) is 4.39 Å². The van der Waals surface area contributed by atoms with Gasteiger partial charge in [0.05, 0.1) is 27.9 Å². The number of halogens is 1. The largest absolute Gasteiger partial charge is 0.493 e. The Morgan fingerprint density at radius 3 is 2.19 bits per heavy atom. The van der Waals surface area contributed by atoms with E-state index in [2.05, 4.69) is 4.84 Å². The Morgan fingerprint density at radius 1 is 1.12 bits per heavy atom. The molecule has 0 spiro atoms. The highest BCUT2D eigenvalue weighted by molar-refractivity contribution is 5.52. The maximum atomic E-state index is 13.9. The van der Waals surface area contributed by atoms with E-state index in [4.69, 9.17) is 20.1 Å². The lowest BCUT2D eigenvalue weighted by molar-refractivity contribution is 0.121. The van der Waals surface area contributed by atoms with Crippen LogP contribution in [-0.4, -0.2) is 21.3 Å². The third kappa shape index (κ3) is 2.17. The second kappa shape index (κ2) is 5.53. The Hall–Kier alpha value is -1.53. The van der Waals surface area contributed by atoms with Crippen molar-refractivity contribution in [3.05, 3.63) is 17.4 Å². The van der Waals surface area contributed by atoms with E-state index in [0.29, 0.717) is 5.56 Å². The molecule has 0 saturated heterocycles. The van der Waals surface area contributed by atoms with E-state index in [1.165, 1.54) is 21.3 Å². The fraction of sp³-hybridized carbons (Fsp3) is 0.400. The molecule has 90 valence electrons. The van der Waals surface area contributed by atoms with Crippen molar-refractivity contribution in [1.29, 1.82) is 0 Å². The number of methoxy groups -OCH3 is 3. The van der Waals surface area contributed by atoms with E-state index in [1.54, 1.807) is 6.07 Å². The lowest BCUT2D eigenvalue weighted by atomic mass is 10.1. The van der Waals surface area contributed by atoms with Crippen molar-refractivity contribution in [2.45, 2.75) is 6.61 Å². The molecule has 0 aliphatic rings. The molecule has 2 N–H and O–H groups in total. The summed E-state index contributed by atoms with van der Waals surface area (Å²) >= 11 is 0. The van der Waals surface area contributed by atoms with E-state index in [9.17, 15) is 4.39 Å². The van der Waals surface area contributed by atoms with Crippen LogP contribution < -0.4 is 20.1 Å². The molecule has 16 heavy (non-hydrogen) atoms. The lowest BCUT2D eigenvalue weighted by Crippen LogP contribution is -2.05. The van der Waals surface area contributed by atoms with Gasteiger partial charge in [0.25, 0.3) is 0 Å². The SMILES string of the molecule is COc1cc(CON)c(OC)c(F)c1OC. The molecule has 0 aromatic heterocycles. The van der Waals surface area contributed by atoms with Crippen LogP contribution in [0.25, 0.3) is 0 Å². The summed E-state index contributed by atoms with van der Waals surface area (Å²) in [5.41, 5.74) is 0.445. The van der Waals surface area contributed by atoms with Gasteiger partial charge in [-0.25, -0.2) is 5.90 Å². The van der Waals surface area contributed by atoms with Gasteiger partial charge in [0.1, 0.15) is 0 Å². The maximum absolute atomic E-state index is 13.9. The average Bonchev–Trinajstić information content (AvgIpc) is 2.29. The van der Waals surface area contributed by atoms with Crippen LogP contribution in [0.1, 0.15) is 5.56 Å². The highest BCUT2D eigenvalue weighted by Gasteiger charge is 2.20. The number of hydrogen-bond donors (Lipinski definition) is 1. The van der Waals surface area contributed by atoms with E-state index in [1.807, 2.05) is 0 Å². The van der Waals surface area contributed by atoms with Gasteiger partial charge < -0.3 is 14.2 Å². The van der Waals surface area contributed by atoms with Crippen LogP contribution in [0.15, 0.2) is 6.07 Å². The minimum atomic E-state index is -0.642. The van der Waals surface area contributed by atoms with Crippen molar-refractivity contribution in [2.24, 2.45) is 5.90 Å². The summed E-state index contributed by atoms with van der Waals surface area (Å²) in [6.45, 7) is 0.0143. The van der Waals surface area contributed by atoms with Crippen molar-refractivity contribution in [2.75, 3.05) is 21.3 Å². The summed E-state index contributed by atoms with van der Waals surface area (Å²) in [6, 6.07) is 1.55. The predicted molar refractivity (Wildman–Crippen MR) is 55.0 cm³/mol. The van der Waals surface area contributed by atoms with Crippen LogP contribution >= 0.6 is 0 Å². The molecule has 0 unspecified atom stereocenters. The van der Waals surface area contributed by atoms with E-state index in [-0.39, 0.29) is 23.9 Å². The highest BCUT2D eigenvalue weighted by atomic mass is 19.1. The molecule has 0 bridgehead atoms. The summed E-state index contributed by atoms with van der Waals surface area (Å²) in [6.07, 6.45) is 0. The Labute approximate surface area is 92.8 Å². The first-order valence-corrected chi connectivity index (χ1v) is 4.48. The van der Waals surface area contributed by atoms with Gasteiger partial charge in [-0.2, -0.15) is 4.39 Å². The van der Waals surface area contributed by atoms with Crippen molar-refractivity contribution in [1.82, 2.24) is 0 Å². The molecule has 0 fully saturated rings. The molecule has 5 nitrogen and oxygen atoms in total. The summed E-state index contributed by atoms with van der Waals surface area (Å²) < 4.78 is 28.7. The fourth-order valence-corrected chi connectivity index (χ4v) is 1.40. The molecular weight excluding hydrogens is 217 g/mol. The number of rotatable bonds is 5. The Kier molecular flexibility index (Phi) is 4.33. The monoisotopic (exact) mass is 231 g/mol. The summed E-state index contributed by atoms with van der Waals surface area (Å²) in [4.78, 5) is 4.46. The van der Waals surface area contributed by atoms with E-state index < -0.39 is 5.82 Å². The lowest BCUT2D eigenvalue weighted by Gasteiger charge is -2.14. The minimum Gasteiger partial charge on any atom is -0.493 e. The van der Waals surface area contributed by atoms with Crippen LogP contribution in [0, 0.1) is 5.82 Å². The van der Waals surface area contributed by atoms with Gasteiger partial charge in [-0.05, 0) is 6.07 Å². The van der Waals surface area contributed by atoms with Crippen LogP contribution in [-0.2, 0) is 11.4 Å². The molecule has 0 amide bonds. The van der Waals surface area contributed by atoms with Crippen LogP contribution in [0.5, 0.6) is 17.2 Å². The smallest absolute Gasteiger partial charge is 0.211 e. The fourth-order valence-electron chi connectivity index (χ4n) is 1.40. The van der Waals surface area contributed by atoms with Gasteiger partial charge in [0.2, 0.25) is 11.6 Å². The van der Waals surface area contributed by atoms with Gasteiger partial charge >= 0.3 is 0 Å². The molecule has 0 heterocycles. The molecule has 1 rings (SSSR count). The van der Waals surface area contributed by atoms with Crippen molar-refractivity contribution < 1.29 is 23.4 Å².